The van der Waals surface area contributed by atoms with Crippen molar-refractivity contribution in [2.24, 2.45) is 5.73 Å². The molecule has 0 spiro atoms. The lowest BCUT2D eigenvalue weighted by Gasteiger charge is -2.32. The molecule has 184 valence electrons. The molecule has 2 fully saturated rings. The van der Waals surface area contributed by atoms with E-state index in [9.17, 15) is 9.59 Å². The van der Waals surface area contributed by atoms with E-state index in [0.29, 0.717) is 6.42 Å². The van der Waals surface area contributed by atoms with Gasteiger partial charge in [0.25, 0.3) is 0 Å². The summed E-state index contributed by atoms with van der Waals surface area (Å²) in [7, 11) is -0.568. The van der Waals surface area contributed by atoms with Crippen LogP contribution in [0.4, 0.5) is 0 Å². The zero-order valence-electron chi connectivity index (χ0n) is 20.3. The van der Waals surface area contributed by atoms with E-state index in [0.717, 1.165) is 38.8 Å². The number of nitrogens with zero attached hydrogens (tertiary/aromatic N) is 1. The van der Waals surface area contributed by atoms with Crippen LogP contribution in [0.25, 0.3) is 0 Å². The maximum absolute atomic E-state index is 12.9. The van der Waals surface area contributed by atoms with Crippen LogP contribution in [0.15, 0.2) is 30.3 Å². The number of likely N-dealkylation sites (tertiary alicyclic amines) is 1. The average Bonchev–Trinajstić information content (AvgIpc) is 3.34. The fraction of sp³-hybridized carbons (Fsp3) is 0.667. The Kier molecular flexibility index (Phi) is 9.79. The van der Waals surface area contributed by atoms with E-state index in [1.54, 1.807) is 4.90 Å². The van der Waals surface area contributed by atoms with Crippen molar-refractivity contribution in [3.63, 3.8) is 0 Å². The minimum absolute atomic E-state index is 0. The number of hydrogen-bond acceptors (Lipinski definition) is 5. The molecule has 9 heteroatoms. The molecule has 0 unspecified atom stereocenters. The van der Waals surface area contributed by atoms with Gasteiger partial charge in [0.15, 0.2) is 0 Å². The molecule has 1 aromatic rings. The second kappa shape index (κ2) is 11.7. The predicted octanol–water partition coefficient (Wildman–Crippen LogP) is 2.89. The Labute approximate surface area is 204 Å². The molecule has 0 radical (unpaired) electrons. The lowest BCUT2D eigenvalue weighted by atomic mass is 9.75. The fourth-order valence-corrected chi connectivity index (χ4v) is 4.17. The van der Waals surface area contributed by atoms with Gasteiger partial charge in [0.2, 0.25) is 11.8 Å². The minimum atomic E-state index is -0.887. The maximum atomic E-state index is 12.9. The Bertz CT molecular complexity index is 771. The first-order chi connectivity index (χ1) is 15.1. The van der Waals surface area contributed by atoms with Gasteiger partial charge in [-0.3, -0.25) is 9.59 Å². The van der Waals surface area contributed by atoms with Crippen molar-refractivity contribution < 1.29 is 18.9 Å². The van der Waals surface area contributed by atoms with E-state index in [4.69, 9.17) is 15.0 Å². The second-order valence-electron chi connectivity index (χ2n) is 10.0. The van der Waals surface area contributed by atoms with Crippen LogP contribution in [0.3, 0.4) is 0 Å². The first-order valence-corrected chi connectivity index (χ1v) is 11.8. The average molecular weight is 480 g/mol. The van der Waals surface area contributed by atoms with Gasteiger partial charge >= 0.3 is 7.12 Å². The fourth-order valence-electron chi connectivity index (χ4n) is 4.17. The van der Waals surface area contributed by atoms with Crippen molar-refractivity contribution in [3.05, 3.63) is 35.9 Å². The van der Waals surface area contributed by atoms with Gasteiger partial charge in [-0.05, 0) is 65.4 Å². The summed E-state index contributed by atoms with van der Waals surface area (Å²) in [5.41, 5.74) is 6.38. The van der Waals surface area contributed by atoms with Crippen LogP contribution in [-0.2, 0) is 25.3 Å². The number of benzene rings is 1. The Morgan fingerprint density at radius 1 is 1.09 bits per heavy atom. The van der Waals surface area contributed by atoms with Crippen LogP contribution in [0.5, 0.6) is 0 Å². The largest absolute Gasteiger partial charge is 0.481 e. The van der Waals surface area contributed by atoms with E-state index >= 15 is 0 Å². The molecule has 0 saturated carbocycles. The first-order valence-electron chi connectivity index (χ1n) is 11.8. The molecule has 2 aliphatic rings. The zero-order chi connectivity index (χ0) is 23.4. The summed E-state index contributed by atoms with van der Waals surface area (Å²) < 4.78 is 12.4. The van der Waals surface area contributed by atoms with Crippen LogP contribution >= 0.6 is 12.4 Å². The lowest BCUT2D eigenvalue weighted by molar-refractivity contribution is -0.133. The summed E-state index contributed by atoms with van der Waals surface area (Å²) >= 11 is 0. The van der Waals surface area contributed by atoms with Gasteiger partial charge < -0.3 is 25.3 Å². The molecule has 2 aliphatic heterocycles. The molecule has 3 N–H and O–H groups in total. The number of rotatable bonds is 9. The number of amides is 2. The van der Waals surface area contributed by atoms with Gasteiger partial charge in [0, 0.05) is 13.1 Å². The molecule has 1 aromatic carbocycles. The third-order valence-corrected chi connectivity index (χ3v) is 6.94. The van der Waals surface area contributed by atoms with Gasteiger partial charge in [-0.15, -0.1) is 12.4 Å². The highest BCUT2D eigenvalue weighted by atomic mass is 35.5. The first kappa shape index (κ1) is 27.6. The van der Waals surface area contributed by atoms with E-state index in [1.807, 2.05) is 45.9 Å². The van der Waals surface area contributed by atoms with Crippen molar-refractivity contribution in [1.29, 1.82) is 0 Å². The van der Waals surface area contributed by atoms with Crippen LogP contribution in [0.2, 0.25) is 0 Å². The summed E-state index contributed by atoms with van der Waals surface area (Å²) in [6, 6.07) is 9.37. The number of aryl methyl sites for hydroxylation is 1. The number of nitrogens with two attached hydrogens (primary N) is 1. The van der Waals surface area contributed by atoms with E-state index < -0.39 is 24.4 Å². The maximum Gasteiger partial charge on any atom is 0.481 e. The van der Waals surface area contributed by atoms with E-state index in [-0.39, 0.29) is 36.6 Å². The highest BCUT2D eigenvalue weighted by Gasteiger charge is 2.54. The van der Waals surface area contributed by atoms with Gasteiger partial charge in [0.1, 0.15) is 0 Å². The topological polar surface area (TPSA) is 93.9 Å². The SMILES string of the molecule is CC1(C)OB([C@H](CCCc2ccccc2)NC(=O)[C@H](N)CC(=O)N2CCCC2)OC1(C)C.Cl. The van der Waals surface area contributed by atoms with Crippen LogP contribution in [0, 0.1) is 0 Å². The van der Waals surface area contributed by atoms with Crippen molar-refractivity contribution in [2.75, 3.05) is 13.1 Å². The van der Waals surface area contributed by atoms with Crippen molar-refractivity contribution >= 4 is 31.3 Å². The Morgan fingerprint density at radius 2 is 1.67 bits per heavy atom. The molecule has 0 aromatic heterocycles. The molecular formula is C24H39BClN3O4. The third kappa shape index (κ3) is 7.19. The molecule has 2 heterocycles. The number of nitrogens with one attached hydrogen (secondary N) is 1. The smallest absolute Gasteiger partial charge is 0.402 e. The van der Waals surface area contributed by atoms with Crippen molar-refractivity contribution in [2.45, 2.75) is 89.4 Å². The molecule has 33 heavy (non-hydrogen) atoms. The molecule has 2 saturated heterocycles. The number of carbonyl (C=O) groups is 2. The van der Waals surface area contributed by atoms with Crippen LogP contribution in [0.1, 0.15) is 65.4 Å². The number of halogens is 1. The second-order valence-corrected chi connectivity index (χ2v) is 10.0. The van der Waals surface area contributed by atoms with Gasteiger partial charge in [-0.25, -0.2) is 0 Å². The quantitative estimate of drug-likeness (QED) is 0.531. The lowest BCUT2D eigenvalue weighted by Crippen LogP contribution is -2.53. The Balaban J connectivity index is 0.00000385. The van der Waals surface area contributed by atoms with Crippen LogP contribution in [-0.4, -0.2) is 60.1 Å². The summed E-state index contributed by atoms with van der Waals surface area (Å²) in [6.45, 7) is 9.49. The minimum Gasteiger partial charge on any atom is -0.402 e. The van der Waals surface area contributed by atoms with Crippen LogP contribution < -0.4 is 11.1 Å². The van der Waals surface area contributed by atoms with Gasteiger partial charge in [-0.2, -0.15) is 0 Å². The summed E-state index contributed by atoms with van der Waals surface area (Å²) in [5, 5.41) is 3.03. The molecule has 0 aliphatic carbocycles. The summed E-state index contributed by atoms with van der Waals surface area (Å²) in [6.07, 6.45) is 4.49. The molecular weight excluding hydrogens is 441 g/mol. The Morgan fingerprint density at radius 3 is 2.24 bits per heavy atom. The molecule has 3 rings (SSSR count). The zero-order valence-corrected chi connectivity index (χ0v) is 21.2. The molecule has 2 amide bonds. The highest BCUT2D eigenvalue weighted by molar-refractivity contribution is 6.48. The predicted molar refractivity (Wildman–Crippen MR) is 133 cm³/mol. The third-order valence-electron chi connectivity index (χ3n) is 6.94. The number of carbonyl (C=O) groups excluding carboxylic acids is 2. The summed E-state index contributed by atoms with van der Waals surface area (Å²) in [5.74, 6) is -0.737. The van der Waals surface area contributed by atoms with Crippen molar-refractivity contribution in [1.82, 2.24) is 10.2 Å². The normalized spacial score (nSPS) is 20.8. The molecule has 2 atom stereocenters. The van der Waals surface area contributed by atoms with Gasteiger partial charge in [-0.1, -0.05) is 30.3 Å². The van der Waals surface area contributed by atoms with Gasteiger partial charge in [0.05, 0.1) is 29.6 Å². The monoisotopic (exact) mass is 479 g/mol. The van der Waals surface area contributed by atoms with E-state index in [1.165, 1.54) is 5.56 Å². The highest BCUT2D eigenvalue weighted by Crippen LogP contribution is 2.38. The molecule has 7 nitrogen and oxygen atoms in total. The summed E-state index contributed by atoms with van der Waals surface area (Å²) in [4.78, 5) is 27.1. The van der Waals surface area contributed by atoms with Crippen molar-refractivity contribution in [3.8, 4) is 0 Å². The number of hydrogen-bond donors (Lipinski definition) is 2. The standard InChI is InChI=1S/C24H38BN3O4.ClH/c1-23(2)24(3,4)32-25(31-23)20(14-10-13-18-11-6-5-7-12-18)27-22(30)19(26)17-21(29)28-15-8-9-16-28;/h5-7,11-12,19-20H,8-10,13-17,26H2,1-4H3,(H,27,30);1H/t19-,20+;/m1./s1. The molecule has 0 bridgehead atoms. The van der Waals surface area contributed by atoms with E-state index in [2.05, 4.69) is 17.4 Å². The Hall–Kier alpha value is -1.61.